The van der Waals surface area contributed by atoms with Crippen molar-refractivity contribution in [2.75, 3.05) is 13.7 Å². The Labute approximate surface area is 128 Å². The van der Waals surface area contributed by atoms with E-state index in [0.717, 1.165) is 0 Å². The second-order valence-corrected chi connectivity index (χ2v) is 4.51. The summed E-state index contributed by atoms with van der Waals surface area (Å²) in [6, 6.07) is 10.8. The molecule has 2 rings (SSSR count). The van der Waals surface area contributed by atoms with Crippen molar-refractivity contribution in [1.82, 2.24) is 0 Å². The third-order valence-electron chi connectivity index (χ3n) is 3.13. The van der Waals surface area contributed by atoms with Gasteiger partial charge < -0.3 is 14.6 Å². The van der Waals surface area contributed by atoms with Crippen LogP contribution < -0.4 is 9.47 Å². The van der Waals surface area contributed by atoms with Gasteiger partial charge in [0.05, 0.1) is 24.8 Å². The zero-order chi connectivity index (χ0) is 16.1. The first kappa shape index (κ1) is 15.6. The molecule has 0 bridgehead atoms. The lowest BCUT2D eigenvalue weighted by molar-refractivity contribution is 0.0696. The molecule has 114 valence electrons. The summed E-state index contributed by atoms with van der Waals surface area (Å²) in [5.41, 5.74) is 0.943. The van der Waals surface area contributed by atoms with Crippen molar-refractivity contribution < 1.29 is 24.2 Å². The Morgan fingerprint density at radius 3 is 2.23 bits per heavy atom. The molecule has 0 fully saturated rings. The molecule has 0 radical (unpaired) electrons. The summed E-state index contributed by atoms with van der Waals surface area (Å²) >= 11 is 0. The smallest absolute Gasteiger partial charge is 0.335 e. The zero-order valence-corrected chi connectivity index (χ0v) is 12.3. The number of aromatic carboxylic acids is 1. The maximum absolute atomic E-state index is 12.6. The second kappa shape index (κ2) is 6.76. The van der Waals surface area contributed by atoms with Crippen LogP contribution in [0.1, 0.15) is 33.2 Å². The van der Waals surface area contributed by atoms with Gasteiger partial charge >= 0.3 is 5.97 Å². The predicted octanol–water partition coefficient (Wildman–Crippen LogP) is 3.02. The van der Waals surface area contributed by atoms with E-state index < -0.39 is 5.97 Å². The first-order chi connectivity index (χ1) is 10.6. The minimum absolute atomic E-state index is 0.135. The van der Waals surface area contributed by atoms with Gasteiger partial charge in [-0.1, -0.05) is 12.1 Å². The molecular formula is C17H16O5. The number of benzene rings is 2. The van der Waals surface area contributed by atoms with E-state index in [2.05, 4.69) is 0 Å². The van der Waals surface area contributed by atoms with Crippen LogP contribution in [0.2, 0.25) is 0 Å². The van der Waals surface area contributed by atoms with Gasteiger partial charge in [0.25, 0.3) is 0 Å². The van der Waals surface area contributed by atoms with Gasteiger partial charge in [0.2, 0.25) is 0 Å². The summed E-state index contributed by atoms with van der Waals surface area (Å²) < 4.78 is 10.6. The predicted molar refractivity (Wildman–Crippen MR) is 81.0 cm³/mol. The van der Waals surface area contributed by atoms with Crippen LogP contribution in [0.4, 0.5) is 0 Å². The standard InChI is InChI=1S/C17H16O5/c1-3-22-15-10-13(21-2)8-9-14(15)16(18)11-4-6-12(7-5-11)17(19)20/h4-10H,3H2,1-2H3,(H,19,20). The van der Waals surface area contributed by atoms with E-state index in [1.165, 1.54) is 31.4 Å². The highest BCUT2D eigenvalue weighted by molar-refractivity contribution is 6.11. The van der Waals surface area contributed by atoms with Crippen LogP contribution in [-0.4, -0.2) is 30.6 Å². The Bertz CT molecular complexity index is 689. The summed E-state index contributed by atoms with van der Waals surface area (Å²) in [5, 5.41) is 8.88. The molecule has 0 amide bonds. The van der Waals surface area contributed by atoms with E-state index >= 15 is 0 Å². The SMILES string of the molecule is CCOc1cc(OC)ccc1C(=O)c1ccc(C(=O)O)cc1. The van der Waals surface area contributed by atoms with E-state index in [1.54, 1.807) is 18.2 Å². The van der Waals surface area contributed by atoms with Crippen LogP contribution in [0.5, 0.6) is 11.5 Å². The molecule has 0 spiro atoms. The Morgan fingerprint density at radius 2 is 1.68 bits per heavy atom. The van der Waals surface area contributed by atoms with E-state index in [4.69, 9.17) is 14.6 Å². The van der Waals surface area contributed by atoms with Crippen LogP contribution in [0.15, 0.2) is 42.5 Å². The van der Waals surface area contributed by atoms with Crippen molar-refractivity contribution in [3.63, 3.8) is 0 Å². The van der Waals surface area contributed by atoms with Crippen molar-refractivity contribution in [2.24, 2.45) is 0 Å². The normalized spacial score (nSPS) is 10.1. The summed E-state index contributed by atoms with van der Waals surface area (Å²) in [6.45, 7) is 2.25. The quantitative estimate of drug-likeness (QED) is 0.830. The van der Waals surface area contributed by atoms with Gasteiger partial charge in [0, 0.05) is 11.6 Å². The van der Waals surface area contributed by atoms with E-state index in [1.807, 2.05) is 6.92 Å². The first-order valence-electron chi connectivity index (χ1n) is 6.75. The number of ketones is 1. The molecule has 22 heavy (non-hydrogen) atoms. The lowest BCUT2D eigenvalue weighted by atomic mass is 10.0. The average molecular weight is 300 g/mol. The molecule has 0 atom stereocenters. The maximum Gasteiger partial charge on any atom is 0.335 e. The number of hydrogen-bond donors (Lipinski definition) is 1. The van der Waals surface area contributed by atoms with Gasteiger partial charge in [-0.2, -0.15) is 0 Å². The molecule has 0 unspecified atom stereocenters. The fourth-order valence-electron chi connectivity index (χ4n) is 2.01. The van der Waals surface area contributed by atoms with E-state index in [0.29, 0.717) is 29.2 Å². The number of methoxy groups -OCH3 is 1. The van der Waals surface area contributed by atoms with Crippen LogP contribution in [0, 0.1) is 0 Å². The Kier molecular flexibility index (Phi) is 4.78. The van der Waals surface area contributed by atoms with Gasteiger partial charge in [0.15, 0.2) is 5.78 Å². The highest BCUT2D eigenvalue weighted by Gasteiger charge is 2.16. The third-order valence-corrected chi connectivity index (χ3v) is 3.13. The maximum atomic E-state index is 12.6. The Morgan fingerprint density at radius 1 is 1.05 bits per heavy atom. The highest BCUT2D eigenvalue weighted by Crippen LogP contribution is 2.27. The summed E-state index contributed by atoms with van der Waals surface area (Å²) in [6.07, 6.45) is 0. The van der Waals surface area contributed by atoms with E-state index in [-0.39, 0.29) is 11.3 Å². The number of carboxylic acid groups (broad SMARTS) is 1. The molecule has 2 aromatic rings. The summed E-state index contributed by atoms with van der Waals surface area (Å²) in [4.78, 5) is 23.4. The average Bonchev–Trinajstić information content (AvgIpc) is 2.54. The van der Waals surface area contributed by atoms with Gasteiger partial charge in [-0.25, -0.2) is 4.79 Å². The number of carboxylic acids is 1. The Hall–Kier alpha value is -2.82. The van der Waals surface area contributed by atoms with Gasteiger partial charge in [-0.3, -0.25) is 4.79 Å². The second-order valence-electron chi connectivity index (χ2n) is 4.51. The van der Waals surface area contributed by atoms with Crippen LogP contribution in [-0.2, 0) is 0 Å². The fourth-order valence-corrected chi connectivity index (χ4v) is 2.01. The fraction of sp³-hybridized carbons (Fsp3) is 0.176. The molecule has 0 saturated carbocycles. The largest absolute Gasteiger partial charge is 0.497 e. The first-order valence-corrected chi connectivity index (χ1v) is 6.75. The Balaban J connectivity index is 2.37. The topological polar surface area (TPSA) is 72.8 Å². The van der Waals surface area contributed by atoms with Gasteiger partial charge in [-0.05, 0) is 31.2 Å². The molecule has 0 aliphatic carbocycles. The molecule has 5 heteroatoms. The molecule has 5 nitrogen and oxygen atoms in total. The number of rotatable bonds is 6. The molecular weight excluding hydrogens is 284 g/mol. The molecule has 1 N–H and O–H groups in total. The molecule has 0 saturated heterocycles. The third kappa shape index (κ3) is 3.25. The van der Waals surface area contributed by atoms with Crippen LogP contribution >= 0.6 is 0 Å². The lowest BCUT2D eigenvalue weighted by Gasteiger charge is -2.11. The molecule has 0 aliphatic heterocycles. The summed E-state index contributed by atoms with van der Waals surface area (Å²) in [5.74, 6) is -0.225. The number of ether oxygens (including phenoxy) is 2. The van der Waals surface area contributed by atoms with E-state index in [9.17, 15) is 9.59 Å². The minimum Gasteiger partial charge on any atom is -0.497 e. The van der Waals surface area contributed by atoms with Crippen LogP contribution in [0.25, 0.3) is 0 Å². The minimum atomic E-state index is -1.03. The zero-order valence-electron chi connectivity index (χ0n) is 12.3. The molecule has 0 aliphatic rings. The van der Waals surface area contributed by atoms with Crippen molar-refractivity contribution in [1.29, 1.82) is 0 Å². The van der Waals surface area contributed by atoms with Gasteiger partial charge in [-0.15, -0.1) is 0 Å². The van der Waals surface area contributed by atoms with Crippen molar-refractivity contribution in [2.45, 2.75) is 6.92 Å². The van der Waals surface area contributed by atoms with Crippen LogP contribution in [0.3, 0.4) is 0 Å². The summed E-state index contributed by atoms with van der Waals surface area (Å²) in [7, 11) is 1.54. The highest BCUT2D eigenvalue weighted by atomic mass is 16.5. The number of hydrogen-bond acceptors (Lipinski definition) is 4. The lowest BCUT2D eigenvalue weighted by Crippen LogP contribution is -2.06. The van der Waals surface area contributed by atoms with Crippen molar-refractivity contribution in [3.8, 4) is 11.5 Å². The van der Waals surface area contributed by atoms with Crippen molar-refractivity contribution >= 4 is 11.8 Å². The molecule has 2 aromatic carbocycles. The number of carbonyl (C=O) groups is 2. The molecule has 0 aromatic heterocycles. The number of carbonyl (C=O) groups excluding carboxylic acids is 1. The molecule has 0 heterocycles. The van der Waals surface area contributed by atoms with Crippen molar-refractivity contribution in [3.05, 3.63) is 59.2 Å². The van der Waals surface area contributed by atoms with Gasteiger partial charge in [0.1, 0.15) is 11.5 Å². The monoisotopic (exact) mass is 300 g/mol.